The standard InChI is InChI=1S/C31H30ClNO5S/c1-4-39-12-11-37-31(36)27-18(3)33-24-14-19(20-7-5-6-8-23(20)32)15-25(34)29(24)28(27)22-16-38-26-10-9-17(2)13-21(26)30(22)35/h5-10,13,16,19,27-28,33H,3-4,11-12,14-15H2,1-2H3. The maximum Gasteiger partial charge on any atom is 0.315 e. The summed E-state index contributed by atoms with van der Waals surface area (Å²) >= 11 is 8.14. The van der Waals surface area contributed by atoms with Gasteiger partial charge >= 0.3 is 5.97 Å². The normalized spacial score (nSPS) is 21.1. The third-order valence-electron chi connectivity index (χ3n) is 7.40. The number of ketones is 1. The van der Waals surface area contributed by atoms with Crippen LogP contribution >= 0.6 is 23.4 Å². The van der Waals surface area contributed by atoms with Gasteiger partial charge in [0.1, 0.15) is 18.1 Å². The number of fused-ring (bicyclic) bond motifs is 1. The Balaban J connectivity index is 1.62. The zero-order valence-electron chi connectivity index (χ0n) is 21.9. The summed E-state index contributed by atoms with van der Waals surface area (Å²) < 4.78 is 11.5. The molecule has 2 aliphatic rings. The molecule has 1 aromatic heterocycles. The number of aryl methyl sites for hydroxylation is 1. The first-order valence-corrected chi connectivity index (χ1v) is 14.6. The molecule has 3 atom stereocenters. The number of carbonyl (C=O) groups is 2. The Kier molecular flexibility index (Phi) is 8.01. The summed E-state index contributed by atoms with van der Waals surface area (Å²) in [6.07, 6.45) is 2.09. The van der Waals surface area contributed by atoms with E-state index in [2.05, 4.69) is 11.9 Å². The molecule has 202 valence electrons. The van der Waals surface area contributed by atoms with Gasteiger partial charge in [-0.1, -0.05) is 54.9 Å². The van der Waals surface area contributed by atoms with E-state index in [-0.39, 0.29) is 35.7 Å². The summed E-state index contributed by atoms with van der Waals surface area (Å²) in [6.45, 7) is 8.31. The Bertz CT molecular complexity index is 1560. The lowest BCUT2D eigenvalue weighted by molar-refractivity contribution is -0.147. The molecule has 1 N–H and O–H groups in total. The fraction of sp³-hybridized carbons (Fsp3) is 0.323. The molecular formula is C31H30ClNO5S. The molecule has 0 saturated heterocycles. The number of benzene rings is 2. The summed E-state index contributed by atoms with van der Waals surface area (Å²) in [7, 11) is 0. The van der Waals surface area contributed by atoms with Crippen LogP contribution in [-0.2, 0) is 14.3 Å². The molecule has 3 aromatic rings. The molecule has 1 aliphatic heterocycles. The molecule has 5 rings (SSSR count). The average Bonchev–Trinajstić information content (AvgIpc) is 2.91. The van der Waals surface area contributed by atoms with E-state index < -0.39 is 17.8 Å². The number of carbonyl (C=O) groups excluding carboxylic acids is 2. The lowest BCUT2D eigenvalue weighted by Crippen LogP contribution is -2.43. The minimum absolute atomic E-state index is 0.142. The van der Waals surface area contributed by atoms with Gasteiger partial charge in [-0.2, -0.15) is 11.8 Å². The number of allylic oxidation sites excluding steroid dienone is 2. The number of halogens is 1. The van der Waals surface area contributed by atoms with Crippen LogP contribution in [0.2, 0.25) is 5.02 Å². The highest BCUT2D eigenvalue weighted by Crippen LogP contribution is 2.47. The van der Waals surface area contributed by atoms with Crippen LogP contribution in [0, 0.1) is 12.8 Å². The first-order chi connectivity index (χ1) is 18.8. The first-order valence-electron chi connectivity index (χ1n) is 13.0. The van der Waals surface area contributed by atoms with E-state index in [1.165, 1.54) is 6.26 Å². The molecule has 0 amide bonds. The van der Waals surface area contributed by atoms with Crippen molar-refractivity contribution in [1.82, 2.24) is 5.32 Å². The Hall–Kier alpha value is -3.29. The van der Waals surface area contributed by atoms with E-state index in [0.717, 1.165) is 16.9 Å². The predicted molar refractivity (Wildman–Crippen MR) is 155 cm³/mol. The van der Waals surface area contributed by atoms with E-state index in [9.17, 15) is 14.4 Å². The van der Waals surface area contributed by atoms with Gasteiger partial charge in [0.25, 0.3) is 0 Å². The van der Waals surface area contributed by atoms with Gasteiger partial charge < -0.3 is 14.5 Å². The van der Waals surface area contributed by atoms with Crippen LogP contribution in [0.4, 0.5) is 0 Å². The topological polar surface area (TPSA) is 85.6 Å². The van der Waals surface area contributed by atoms with Crippen molar-refractivity contribution in [2.45, 2.75) is 38.5 Å². The molecule has 2 heterocycles. The van der Waals surface area contributed by atoms with Crippen molar-refractivity contribution < 1.29 is 18.7 Å². The van der Waals surface area contributed by atoms with Gasteiger partial charge in [-0.3, -0.25) is 14.4 Å². The Morgan fingerprint density at radius 3 is 2.74 bits per heavy atom. The van der Waals surface area contributed by atoms with Gasteiger partial charge in [0.05, 0.1) is 11.6 Å². The third kappa shape index (κ3) is 5.30. The molecule has 2 aromatic carbocycles. The van der Waals surface area contributed by atoms with Gasteiger partial charge in [0.2, 0.25) is 0 Å². The van der Waals surface area contributed by atoms with Crippen molar-refractivity contribution in [3.63, 3.8) is 0 Å². The Morgan fingerprint density at radius 1 is 1.18 bits per heavy atom. The maximum atomic E-state index is 13.9. The minimum Gasteiger partial charge on any atom is -0.464 e. The van der Waals surface area contributed by atoms with Crippen molar-refractivity contribution in [1.29, 1.82) is 0 Å². The highest BCUT2D eigenvalue weighted by Gasteiger charge is 2.47. The summed E-state index contributed by atoms with van der Waals surface area (Å²) in [5.74, 6) is -1.08. The first kappa shape index (κ1) is 27.3. The fourth-order valence-electron chi connectivity index (χ4n) is 5.60. The number of Topliss-reactive ketones (excluding diaryl/α,β-unsaturated/α-hetero) is 1. The molecule has 0 saturated carbocycles. The van der Waals surface area contributed by atoms with Crippen LogP contribution in [-0.4, -0.2) is 29.9 Å². The number of hydrogen-bond donors (Lipinski definition) is 1. The van der Waals surface area contributed by atoms with Gasteiger partial charge in [-0.05, 0) is 48.8 Å². The molecule has 0 bridgehead atoms. The molecule has 3 unspecified atom stereocenters. The third-order valence-corrected chi connectivity index (χ3v) is 8.61. The highest BCUT2D eigenvalue weighted by atomic mass is 35.5. The number of hydrogen-bond acceptors (Lipinski definition) is 7. The van der Waals surface area contributed by atoms with Crippen molar-refractivity contribution in [2.75, 3.05) is 18.1 Å². The summed E-state index contributed by atoms with van der Waals surface area (Å²) in [5.41, 5.74) is 3.67. The SMILES string of the molecule is C=C1NC2=C(C(=O)CC(c3ccccc3Cl)C2)C(c2coc3ccc(C)cc3c2=O)C1C(=O)OCCSCC. The van der Waals surface area contributed by atoms with Gasteiger partial charge in [-0.25, -0.2) is 0 Å². The molecule has 39 heavy (non-hydrogen) atoms. The largest absolute Gasteiger partial charge is 0.464 e. The van der Waals surface area contributed by atoms with Crippen LogP contribution in [0.5, 0.6) is 0 Å². The van der Waals surface area contributed by atoms with Crippen molar-refractivity contribution in [3.05, 3.63) is 104 Å². The van der Waals surface area contributed by atoms with Crippen molar-refractivity contribution in [3.8, 4) is 0 Å². The van der Waals surface area contributed by atoms with Gasteiger partial charge in [-0.15, -0.1) is 0 Å². The summed E-state index contributed by atoms with van der Waals surface area (Å²) in [6, 6.07) is 12.9. The molecule has 0 spiro atoms. The molecular weight excluding hydrogens is 534 g/mol. The fourth-order valence-corrected chi connectivity index (χ4v) is 6.38. The molecule has 8 heteroatoms. The number of rotatable bonds is 7. The average molecular weight is 564 g/mol. The highest BCUT2D eigenvalue weighted by molar-refractivity contribution is 7.99. The summed E-state index contributed by atoms with van der Waals surface area (Å²) in [4.78, 5) is 41.2. The number of nitrogens with one attached hydrogen (secondary N) is 1. The maximum absolute atomic E-state index is 13.9. The predicted octanol–water partition coefficient (Wildman–Crippen LogP) is 6.27. The van der Waals surface area contributed by atoms with Crippen LogP contribution in [0.1, 0.15) is 48.3 Å². The molecule has 0 fully saturated rings. The second-order valence-corrected chi connectivity index (χ2v) is 11.7. The monoisotopic (exact) mass is 563 g/mol. The van der Waals surface area contributed by atoms with E-state index in [0.29, 0.717) is 45.1 Å². The van der Waals surface area contributed by atoms with Gasteiger partial charge in [0, 0.05) is 45.6 Å². The second-order valence-electron chi connectivity index (χ2n) is 9.93. The Morgan fingerprint density at radius 2 is 1.97 bits per heavy atom. The smallest absolute Gasteiger partial charge is 0.315 e. The summed E-state index contributed by atoms with van der Waals surface area (Å²) in [5, 5.41) is 4.25. The molecule has 6 nitrogen and oxygen atoms in total. The minimum atomic E-state index is -0.957. The van der Waals surface area contributed by atoms with Crippen LogP contribution in [0.15, 0.2) is 81.5 Å². The van der Waals surface area contributed by atoms with E-state index in [4.69, 9.17) is 20.8 Å². The van der Waals surface area contributed by atoms with Crippen LogP contribution in [0.3, 0.4) is 0 Å². The quantitative estimate of drug-likeness (QED) is 0.268. The lowest BCUT2D eigenvalue weighted by atomic mass is 9.69. The molecule has 0 radical (unpaired) electrons. The van der Waals surface area contributed by atoms with E-state index in [1.807, 2.05) is 44.2 Å². The van der Waals surface area contributed by atoms with Gasteiger partial charge in [0.15, 0.2) is 11.2 Å². The van der Waals surface area contributed by atoms with E-state index in [1.54, 1.807) is 23.9 Å². The molecule has 1 aliphatic carbocycles. The lowest BCUT2D eigenvalue weighted by Gasteiger charge is -2.39. The van der Waals surface area contributed by atoms with Crippen LogP contribution in [0.25, 0.3) is 11.0 Å². The number of thioether (sulfide) groups is 1. The number of esters is 1. The second kappa shape index (κ2) is 11.4. The van der Waals surface area contributed by atoms with Crippen LogP contribution < -0.4 is 10.7 Å². The zero-order chi connectivity index (χ0) is 27.7. The Labute approximate surface area is 236 Å². The van der Waals surface area contributed by atoms with Crippen molar-refractivity contribution in [2.24, 2.45) is 5.92 Å². The number of ether oxygens (including phenoxy) is 1. The zero-order valence-corrected chi connectivity index (χ0v) is 23.5. The van der Waals surface area contributed by atoms with Crippen molar-refractivity contribution >= 4 is 46.1 Å². The van der Waals surface area contributed by atoms with E-state index >= 15 is 0 Å².